The Kier molecular flexibility index (Phi) is 4.04. The molecule has 1 atom stereocenters. The fraction of sp³-hybridized carbons (Fsp3) is 0.429. The third-order valence-electron chi connectivity index (χ3n) is 3.07. The number of carbonyl (C=O) groups is 2. The van der Waals surface area contributed by atoms with E-state index in [4.69, 9.17) is 9.52 Å². The maximum absolute atomic E-state index is 11.7. The van der Waals surface area contributed by atoms with Gasteiger partial charge in [-0.1, -0.05) is 0 Å². The summed E-state index contributed by atoms with van der Waals surface area (Å²) in [6, 6.07) is 3.32. The number of aliphatic carboxylic acids is 1. The Morgan fingerprint density at radius 2 is 2.26 bits per heavy atom. The van der Waals surface area contributed by atoms with E-state index in [0.29, 0.717) is 11.7 Å². The van der Waals surface area contributed by atoms with Gasteiger partial charge >= 0.3 is 5.97 Å². The third-order valence-corrected chi connectivity index (χ3v) is 3.07. The predicted octanol–water partition coefficient (Wildman–Crippen LogP) is 1.97. The first-order valence-corrected chi connectivity index (χ1v) is 6.31. The molecule has 1 unspecified atom stereocenters. The van der Waals surface area contributed by atoms with Crippen LogP contribution < -0.4 is 5.32 Å². The van der Waals surface area contributed by atoms with Crippen LogP contribution in [0.2, 0.25) is 0 Å². The van der Waals surface area contributed by atoms with Gasteiger partial charge in [0, 0.05) is 12.1 Å². The van der Waals surface area contributed by atoms with Crippen molar-refractivity contribution in [1.29, 1.82) is 0 Å². The van der Waals surface area contributed by atoms with Gasteiger partial charge in [0.2, 0.25) is 5.91 Å². The van der Waals surface area contributed by atoms with Crippen molar-refractivity contribution in [3.05, 3.63) is 29.7 Å². The zero-order chi connectivity index (χ0) is 13.8. The molecule has 2 N–H and O–H groups in total. The Morgan fingerprint density at radius 1 is 1.53 bits per heavy atom. The molecule has 1 saturated carbocycles. The average molecular weight is 263 g/mol. The summed E-state index contributed by atoms with van der Waals surface area (Å²) in [6.45, 7) is 1.83. The van der Waals surface area contributed by atoms with Crippen LogP contribution >= 0.6 is 0 Å². The SMILES string of the molecule is Cc1ccc(/C=C/C(=O)NC(CC(=O)O)C2CC2)o1. The molecule has 19 heavy (non-hydrogen) atoms. The molecule has 0 aliphatic heterocycles. The average Bonchev–Trinajstić information content (AvgIpc) is 3.09. The molecule has 2 rings (SSSR count). The van der Waals surface area contributed by atoms with E-state index < -0.39 is 5.97 Å². The van der Waals surface area contributed by atoms with E-state index in [0.717, 1.165) is 18.6 Å². The van der Waals surface area contributed by atoms with Crippen LogP contribution in [0.4, 0.5) is 0 Å². The summed E-state index contributed by atoms with van der Waals surface area (Å²) < 4.78 is 5.30. The van der Waals surface area contributed by atoms with Crippen LogP contribution in [-0.4, -0.2) is 23.0 Å². The van der Waals surface area contributed by atoms with Crippen LogP contribution in [0, 0.1) is 12.8 Å². The lowest BCUT2D eigenvalue weighted by atomic mass is 10.1. The minimum atomic E-state index is -0.886. The van der Waals surface area contributed by atoms with Gasteiger partial charge < -0.3 is 14.8 Å². The fourth-order valence-corrected chi connectivity index (χ4v) is 1.95. The standard InChI is InChI=1S/C14H17NO4/c1-9-2-5-11(19-9)6-7-13(16)15-12(8-14(17)18)10-3-4-10/h2,5-7,10,12H,3-4,8H2,1H3,(H,15,16)(H,17,18)/b7-6+. The van der Waals surface area contributed by atoms with Crippen LogP contribution in [0.5, 0.6) is 0 Å². The molecular formula is C14H17NO4. The molecule has 0 spiro atoms. The van der Waals surface area contributed by atoms with Crippen molar-refractivity contribution in [2.75, 3.05) is 0 Å². The van der Waals surface area contributed by atoms with Crippen molar-refractivity contribution in [3.63, 3.8) is 0 Å². The fourth-order valence-electron chi connectivity index (χ4n) is 1.95. The molecule has 1 fully saturated rings. The minimum Gasteiger partial charge on any atom is -0.481 e. The Labute approximate surface area is 111 Å². The topological polar surface area (TPSA) is 79.5 Å². The summed E-state index contributed by atoms with van der Waals surface area (Å²) in [4.78, 5) is 22.4. The monoisotopic (exact) mass is 263 g/mol. The highest BCUT2D eigenvalue weighted by molar-refractivity contribution is 5.91. The molecule has 1 aliphatic carbocycles. The molecule has 1 aromatic rings. The minimum absolute atomic E-state index is 0.0237. The van der Waals surface area contributed by atoms with Crippen LogP contribution in [0.15, 0.2) is 22.6 Å². The summed E-state index contributed by atoms with van der Waals surface area (Å²) >= 11 is 0. The summed E-state index contributed by atoms with van der Waals surface area (Å²) in [5.41, 5.74) is 0. The smallest absolute Gasteiger partial charge is 0.305 e. The number of carboxylic acid groups (broad SMARTS) is 1. The summed E-state index contributed by atoms with van der Waals surface area (Å²) in [7, 11) is 0. The van der Waals surface area contributed by atoms with E-state index in [1.807, 2.05) is 13.0 Å². The van der Waals surface area contributed by atoms with Gasteiger partial charge in [0.15, 0.2) is 0 Å². The van der Waals surface area contributed by atoms with Crippen molar-refractivity contribution >= 4 is 18.0 Å². The first kappa shape index (κ1) is 13.4. The Balaban J connectivity index is 1.88. The molecule has 1 heterocycles. The van der Waals surface area contributed by atoms with E-state index >= 15 is 0 Å². The number of nitrogens with one attached hydrogen (secondary N) is 1. The molecule has 0 aromatic carbocycles. The largest absolute Gasteiger partial charge is 0.481 e. The van der Waals surface area contributed by atoms with Crippen molar-refractivity contribution in [3.8, 4) is 0 Å². The second kappa shape index (κ2) is 5.73. The van der Waals surface area contributed by atoms with Crippen LogP contribution in [0.3, 0.4) is 0 Å². The predicted molar refractivity (Wildman–Crippen MR) is 69.4 cm³/mol. The highest BCUT2D eigenvalue weighted by Crippen LogP contribution is 2.34. The number of hydrogen-bond donors (Lipinski definition) is 2. The highest BCUT2D eigenvalue weighted by atomic mass is 16.4. The lowest BCUT2D eigenvalue weighted by Crippen LogP contribution is -2.37. The molecule has 5 heteroatoms. The second-order valence-corrected chi connectivity index (χ2v) is 4.83. The number of carboxylic acids is 1. The zero-order valence-corrected chi connectivity index (χ0v) is 10.8. The van der Waals surface area contributed by atoms with Gasteiger partial charge in [0.05, 0.1) is 6.42 Å². The van der Waals surface area contributed by atoms with Gasteiger partial charge in [-0.15, -0.1) is 0 Å². The number of amides is 1. The number of rotatable bonds is 6. The summed E-state index contributed by atoms with van der Waals surface area (Å²) in [5, 5.41) is 11.5. The third kappa shape index (κ3) is 4.28. The molecule has 1 aromatic heterocycles. The van der Waals surface area contributed by atoms with E-state index in [1.165, 1.54) is 6.08 Å². The second-order valence-electron chi connectivity index (χ2n) is 4.83. The normalized spacial score (nSPS) is 16.5. The van der Waals surface area contributed by atoms with Gasteiger partial charge in [0.25, 0.3) is 0 Å². The van der Waals surface area contributed by atoms with Crippen molar-refractivity contribution in [1.82, 2.24) is 5.32 Å². The quantitative estimate of drug-likeness (QED) is 0.769. The highest BCUT2D eigenvalue weighted by Gasteiger charge is 2.33. The molecule has 102 valence electrons. The summed E-state index contributed by atoms with van der Waals surface area (Å²) in [6.07, 6.45) is 4.89. The Bertz CT molecular complexity index is 499. The number of aryl methyl sites for hydroxylation is 1. The van der Waals surface area contributed by atoms with E-state index in [-0.39, 0.29) is 18.4 Å². The van der Waals surface area contributed by atoms with Gasteiger partial charge in [-0.3, -0.25) is 9.59 Å². The van der Waals surface area contributed by atoms with Crippen molar-refractivity contribution in [2.45, 2.75) is 32.2 Å². The lowest BCUT2D eigenvalue weighted by Gasteiger charge is -2.14. The Morgan fingerprint density at radius 3 is 2.79 bits per heavy atom. The van der Waals surface area contributed by atoms with Crippen LogP contribution in [-0.2, 0) is 9.59 Å². The zero-order valence-electron chi connectivity index (χ0n) is 10.8. The number of furan rings is 1. The van der Waals surface area contributed by atoms with E-state index in [9.17, 15) is 9.59 Å². The number of hydrogen-bond acceptors (Lipinski definition) is 3. The Hall–Kier alpha value is -2.04. The maximum atomic E-state index is 11.7. The first-order chi connectivity index (χ1) is 9.04. The molecule has 0 bridgehead atoms. The van der Waals surface area contributed by atoms with E-state index in [2.05, 4.69) is 5.32 Å². The lowest BCUT2D eigenvalue weighted by molar-refractivity contribution is -0.137. The van der Waals surface area contributed by atoms with Crippen LogP contribution in [0.1, 0.15) is 30.8 Å². The van der Waals surface area contributed by atoms with Gasteiger partial charge in [-0.2, -0.15) is 0 Å². The molecule has 1 aliphatic rings. The van der Waals surface area contributed by atoms with Crippen molar-refractivity contribution < 1.29 is 19.1 Å². The molecular weight excluding hydrogens is 246 g/mol. The van der Waals surface area contributed by atoms with Gasteiger partial charge in [0.1, 0.15) is 11.5 Å². The first-order valence-electron chi connectivity index (χ1n) is 6.31. The van der Waals surface area contributed by atoms with Crippen molar-refractivity contribution in [2.24, 2.45) is 5.92 Å². The molecule has 0 radical (unpaired) electrons. The molecule has 5 nitrogen and oxygen atoms in total. The van der Waals surface area contributed by atoms with E-state index in [1.54, 1.807) is 12.1 Å². The van der Waals surface area contributed by atoms with Gasteiger partial charge in [-0.05, 0) is 43.9 Å². The summed E-state index contributed by atoms with van der Waals surface area (Å²) in [5.74, 6) is 0.519. The van der Waals surface area contributed by atoms with Gasteiger partial charge in [-0.25, -0.2) is 0 Å². The van der Waals surface area contributed by atoms with Crippen LogP contribution in [0.25, 0.3) is 6.08 Å². The number of carbonyl (C=O) groups excluding carboxylic acids is 1. The molecule has 1 amide bonds. The maximum Gasteiger partial charge on any atom is 0.305 e. The molecule has 0 saturated heterocycles.